The average molecular weight is 338 g/mol. The van der Waals surface area contributed by atoms with Gasteiger partial charge in [0.05, 0.1) is 11.8 Å². The average Bonchev–Trinajstić information content (AvgIpc) is 3.09. The molecule has 0 bridgehead atoms. The smallest absolute Gasteiger partial charge is 0.433 e. The van der Waals surface area contributed by atoms with Gasteiger partial charge in [-0.3, -0.25) is 14.9 Å². The lowest BCUT2D eigenvalue weighted by Crippen LogP contribution is -2.11. The van der Waals surface area contributed by atoms with Crippen molar-refractivity contribution in [2.75, 3.05) is 5.32 Å². The SMILES string of the molecule is Cc1ccc(Oc2ccccc2NC(=O)c2ccc([N+](=O)[O-])o2)cc1. The molecule has 3 aromatic rings. The lowest BCUT2D eigenvalue weighted by Gasteiger charge is -2.11. The summed E-state index contributed by atoms with van der Waals surface area (Å²) in [6, 6.07) is 16.7. The van der Waals surface area contributed by atoms with Crippen LogP contribution in [0.2, 0.25) is 0 Å². The Morgan fingerprint density at radius 3 is 2.48 bits per heavy atom. The van der Waals surface area contributed by atoms with Gasteiger partial charge >= 0.3 is 5.88 Å². The van der Waals surface area contributed by atoms with E-state index in [-0.39, 0.29) is 5.76 Å². The van der Waals surface area contributed by atoms with Gasteiger partial charge in [-0.15, -0.1) is 0 Å². The number of aryl methyl sites for hydroxylation is 1. The van der Waals surface area contributed by atoms with E-state index in [4.69, 9.17) is 9.15 Å². The Labute approximate surface area is 143 Å². The normalized spacial score (nSPS) is 10.3. The number of nitrogens with one attached hydrogen (secondary N) is 1. The van der Waals surface area contributed by atoms with Gasteiger partial charge in [0.25, 0.3) is 5.91 Å². The van der Waals surface area contributed by atoms with Crippen molar-refractivity contribution in [3.8, 4) is 11.5 Å². The molecule has 0 spiro atoms. The van der Waals surface area contributed by atoms with Gasteiger partial charge in [-0.1, -0.05) is 29.8 Å². The molecule has 1 heterocycles. The fourth-order valence-electron chi connectivity index (χ4n) is 2.12. The Morgan fingerprint density at radius 2 is 1.80 bits per heavy atom. The van der Waals surface area contributed by atoms with Crippen LogP contribution < -0.4 is 10.1 Å². The van der Waals surface area contributed by atoms with E-state index in [1.165, 1.54) is 6.07 Å². The van der Waals surface area contributed by atoms with Gasteiger partial charge in [0.1, 0.15) is 10.7 Å². The minimum Gasteiger partial charge on any atom is -0.455 e. The van der Waals surface area contributed by atoms with Crippen LogP contribution in [0.5, 0.6) is 11.5 Å². The summed E-state index contributed by atoms with van der Waals surface area (Å²) in [5.74, 6) is -0.180. The molecule has 0 aliphatic heterocycles. The Hall–Kier alpha value is -3.61. The molecular weight excluding hydrogens is 324 g/mol. The van der Waals surface area contributed by atoms with E-state index < -0.39 is 16.7 Å². The number of carbonyl (C=O) groups is 1. The van der Waals surface area contributed by atoms with Gasteiger partial charge in [-0.05, 0) is 37.3 Å². The van der Waals surface area contributed by atoms with E-state index in [0.29, 0.717) is 17.2 Å². The number of hydrogen-bond donors (Lipinski definition) is 1. The number of nitrogens with zero attached hydrogens (tertiary/aromatic N) is 1. The van der Waals surface area contributed by atoms with Crippen LogP contribution in [0.25, 0.3) is 0 Å². The highest BCUT2D eigenvalue weighted by atomic mass is 16.6. The van der Waals surface area contributed by atoms with Crippen molar-refractivity contribution in [1.82, 2.24) is 0 Å². The lowest BCUT2D eigenvalue weighted by molar-refractivity contribution is -0.402. The van der Waals surface area contributed by atoms with Gasteiger partial charge in [-0.25, -0.2) is 0 Å². The molecule has 25 heavy (non-hydrogen) atoms. The van der Waals surface area contributed by atoms with Crippen LogP contribution in [-0.2, 0) is 0 Å². The fraction of sp³-hybridized carbons (Fsp3) is 0.0556. The van der Waals surface area contributed by atoms with Gasteiger partial charge in [0.15, 0.2) is 11.5 Å². The third-order valence-corrected chi connectivity index (χ3v) is 3.38. The lowest BCUT2D eigenvalue weighted by atomic mass is 10.2. The zero-order valence-electron chi connectivity index (χ0n) is 13.3. The quantitative estimate of drug-likeness (QED) is 0.544. The molecule has 2 aromatic carbocycles. The van der Waals surface area contributed by atoms with Crippen molar-refractivity contribution in [3.05, 3.63) is 82.1 Å². The van der Waals surface area contributed by atoms with Crippen molar-refractivity contribution < 1.29 is 18.9 Å². The molecule has 1 amide bonds. The Balaban J connectivity index is 1.79. The van der Waals surface area contributed by atoms with Crippen LogP contribution in [-0.4, -0.2) is 10.8 Å². The molecule has 7 nitrogen and oxygen atoms in total. The van der Waals surface area contributed by atoms with E-state index >= 15 is 0 Å². The van der Waals surface area contributed by atoms with E-state index in [2.05, 4.69) is 5.32 Å². The van der Waals surface area contributed by atoms with E-state index in [9.17, 15) is 14.9 Å². The van der Waals surface area contributed by atoms with Gasteiger partial charge < -0.3 is 14.5 Å². The van der Waals surface area contributed by atoms with Crippen molar-refractivity contribution in [3.63, 3.8) is 0 Å². The number of para-hydroxylation sites is 2. The second-order valence-electron chi connectivity index (χ2n) is 5.26. The van der Waals surface area contributed by atoms with Crippen LogP contribution in [0.15, 0.2) is 65.1 Å². The van der Waals surface area contributed by atoms with Crippen molar-refractivity contribution in [2.24, 2.45) is 0 Å². The summed E-state index contributed by atoms with van der Waals surface area (Å²) in [5, 5.41) is 13.3. The number of furan rings is 1. The predicted octanol–water partition coefficient (Wildman–Crippen LogP) is 4.54. The molecule has 0 saturated heterocycles. The van der Waals surface area contributed by atoms with E-state index in [0.717, 1.165) is 11.6 Å². The molecule has 3 rings (SSSR count). The van der Waals surface area contributed by atoms with Crippen molar-refractivity contribution in [2.45, 2.75) is 6.92 Å². The molecule has 126 valence electrons. The number of anilines is 1. The highest BCUT2D eigenvalue weighted by molar-refractivity contribution is 6.03. The summed E-state index contributed by atoms with van der Waals surface area (Å²) in [6.45, 7) is 1.97. The number of ether oxygens (including phenoxy) is 1. The second kappa shape index (κ2) is 6.88. The summed E-state index contributed by atoms with van der Waals surface area (Å²) < 4.78 is 10.7. The number of carbonyl (C=O) groups excluding carboxylic acids is 1. The van der Waals surface area contributed by atoms with Crippen molar-refractivity contribution in [1.29, 1.82) is 0 Å². The maximum absolute atomic E-state index is 12.2. The molecule has 0 saturated carbocycles. The van der Waals surface area contributed by atoms with Gasteiger partial charge in [0.2, 0.25) is 0 Å². The largest absolute Gasteiger partial charge is 0.455 e. The Kier molecular flexibility index (Phi) is 4.47. The zero-order valence-corrected chi connectivity index (χ0v) is 13.3. The summed E-state index contributed by atoms with van der Waals surface area (Å²) in [5.41, 5.74) is 1.53. The number of benzene rings is 2. The molecular formula is C18H14N2O5. The number of rotatable bonds is 5. The highest BCUT2D eigenvalue weighted by Crippen LogP contribution is 2.30. The third kappa shape index (κ3) is 3.84. The summed E-state index contributed by atoms with van der Waals surface area (Å²) in [4.78, 5) is 22.1. The van der Waals surface area contributed by atoms with E-state index in [1.54, 1.807) is 24.3 Å². The highest BCUT2D eigenvalue weighted by Gasteiger charge is 2.18. The molecule has 1 aromatic heterocycles. The molecule has 0 fully saturated rings. The minimum atomic E-state index is -0.703. The number of amides is 1. The Bertz CT molecular complexity index is 915. The van der Waals surface area contributed by atoms with Crippen LogP contribution in [0.1, 0.15) is 16.1 Å². The maximum atomic E-state index is 12.2. The first kappa shape index (κ1) is 16.3. The third-order valence-electron chi connectivity index (χ3n) is 3.38. The predicted molar refractivity (Wildman–Crippen MR) is 91.0 cm³/mol. The summed E-state index contributed by atoms with van der Waals surface area (Å²) in [6.07, 6.45) is 0. The zero-order chi connectivity index (χ0) is 17.8. The number of nitro groups is 1. The standard InChI is InChI=1S/C18H14N2O5/c1-12-6-8-13(9-7-12)24-15-5-3-2-4-14(15)19-18(21)16-10-11-17(25-16)20(22)23/h2-11H,1H3,(H,19,21). The summed E-state index contributed by atoms with van der Waals surface area (Å²) in [7, 11) is 0. The van der Waals surface area contributed by atoms with Gasteiger partial charge in [-0.2, -0.15) is 0 Å². The molecule has 0 unspecified atom stereocenters. The summed E-state index contributed by atoms with van der Waals surface area (Å²) >= 11 is 0. The first-order valence-corrected chi connectivity index (χ1v) is 7.42. The van der Waals surface area contributed by atoms with Crippen LogP contribution in [0.4, 0.5) is 11.6 Å². The van der Waals surface area contributed by atoms with Crippen molar-refractivity contribution >= 4 is 17.5 Å². The molecule has 0 aliphatic rings. The minimum absolute atomic E-state index is 0.156. The monoisotopic (exact) mass is 338 g/mol. The first-order valence-electron chi connectivity index (χ1n) is 7.42. The van der Waals surface area contributed by atoms with Crippen LogP contribution in [0, 0.1) is 17.0 Å². The topological polar surface area (TPSA) is 94.6 Å². The maximum Gasteiger partial charge on any atom is 0.433 e. The van der Waals surface area contributed by atoms with E-state index in [1.807, 2.05) is 31.2 Å². The number of hydrogen-bond acceptors (Lipinski definition) is 5. The molecule has 0 radical (unpaired) electrons. The Morgan fingerprint density at radius 1 is 1.08 bits per heavy atom. The van der Waals surface area contributed by atoms with Crippen LogP contribution >= 0.6 is 0 Å². The first-order chi connectivity index (χ1) is 12.0. The fourth-order valence-corrected chi connectivity index (χ4v) is 2.12. The van der Waals surface area contributed by atoms with Gasteiger partial charge in [0, 0.05) is 0 Å². The molecule has 1 N–H and O–H groups in total. The molecule has 0 atom stereocenters. The van der Waals surface area contributed by atoms with Crippen LogP contribution in [0.3, 0.4) is 0 Å². The second-order valence-corrected chi connectivity index (χ2v) is 5.26. The molecule has 0 aliphatic carbocycles. The molecule has 7 heteroatoms.